The number of aromatic nitrogens is 2. The average Bonchev–Trinajstić information content (AvgIpc) is 2.76. The van der Waals surface area contributed by atoms with Gasteiger partial charge in [-0.3, -0.25) is 9.48 Å². The molecule has 0 aliphatic rings. The van der Waals surface area contributed by atoms with E-state index < -0.39 is 27.6 Å². The molecule has 1 aromatic carbocycles. The Bertz CT molecular complexity index is 910. The standard InChI is InChI=1S/C15H18F2N4O3S/c1-9-14(10(2)21(3)20-9)25(23,24)19-7-6-18-15(22)12-5-4-11(16)8-13(12)17/h4-5,8,19H,6-7H2,1-3H3,(H,18,22). The topological polar surface area (TPSA) is 93.1 Å². The molecule has 2 rings (SSSR count). The van der Waals surface area contributed by atoms with Gasteiger partial charge in [0.25, 0.3) is 5.91 Å². The minimum Gasteiger partial charge on any atom is -0.351 e. The van der Waals surface area contributed by atoms with Crippen LogP contribution in [-0.2, 0) is 17.1 Å². The van der Waals surface area contributed by atoms with Crippen molar-refractivity contribution in [1.29, 1.82) is 0 Å². The van der Waals surface area contributed by atoms with Gasteiger partial charge in [-0.1, -0.05) is 0 Å². The third-order valence-corrected chi connectivity index (χ3v) is 5.30. The predicted octanol–water partition coefficient (Wildman–Crippen LogP) is 1.02. The number of benzene rings is 1. The van der Waals surface area contributed by atoms with Crippen LogP contribution >= 0.6 is 0 Å². The molecule has 0 aliphatic carbocycles. The van der Waals surface area contributed by atoms with E-state index in [1.807, 2.05) is 0 Å². The number of nitrogens with zero attached hydrogens (tertiary/aromatic N) is 2. The summed E-state index contributed by atoms with van der Waals surface area (Å²) in [7, 11) is -2.15. The van der Waals surface area contributed by atoms with Gasteiger partial charge in [0.1, 0.15) is 16.5 Å². The van der Waals surface area contributed by atoms with Crippen molar-refractivity contribution >= 4 is 15.9 Å². The number of halogens is 2. The molecule has 0 saturated heterocycles. The number of hydrogen-bond donors (Lipinski definition) is 2. The zero-order valence-electron chi connectivity index (χ0n) is 13.9. The summed E-state index contributed by atoms with van der Waals surface area (Å²) < 4.78 is 54.8. The predicted molar refractivity (Wildman–Crippen MR) is 86.6 cm³/mol. The molecular formula is C15H18F2N4O3S. The summed E-state index contributed by atoms with van der Waals surface area (Å²) in [5.74, 6) is -2.53. The molecule has 0 atom stereocenters. The maximum atomic E-state index is 13.5. The highest BCUT2D eigenvalue weighted by Crippen LogP contribution is 2.17. The first kappa shape index (κ1) is 19.0. The van der Waals surface area contributed by atoms with Crippen molar-refractivity contribution in [2.24, 2.45) is 7.05 Å². The molecule has 0 unspecified atom stereocenters. The lowest BCUT2D eigenvalue weighted by molar-refractivity contribution is 0.0950. The minimum absolute atomic E-state index is 0.0623. The fourth-order valence-electron chi connectivity index (χ4n) is 2.35. The number of rotatable bonds is 6. The van der Waals surface area contributed by atoms with Gasteiger partial charge in [-0.05, 0) is 26.0 Å². The van der Waals surface area contributed by atoms with Crippen LogP contribution in [0.2, 0.25) is 0 Å². The van der Waals surface area contributed by atoms with Crippen LogP contribution in [-0.4, -0.2) is 37.2 Å². The lowest BCUT2D eigenvalue weighted by Crippen LogP contribution is -2.35. The lowest BCUT2D eigenvalue weighted by atomic mass is 10.2. The maximum absolute atomic E-state index is 13.5. The van der Waals surface area contributed by atoms with E-state index in [0.29, 0.717) is 17.5 Å². The van der Waals surface area contributed by atoms with Gasteiger partial charge in [-0.25, -0.2) is 21.9 Å². The van der Waals surface area contributed by atoms with Gasteiger partial charge in [0.2, 0.25) is 10.0 Å². The van der Waals surface area contributed by atoms with E-state index in [1.54, 1.807) is 20.9 Å². The van der Waals surface area contributed by atoms with Crippen molar-refractivity contribution in [2.75, 3.05) is 13.1 Å². The third kappa shape index (κ3) is 4.20. The van der Waals surface area contributed by atoms with E-state index in [4.69, 9.17) is 0 Å². The minimum atomic E-state index is -3.79. The molecule has 7 nitrogen and oxygen atoms in total. The number of amides is 1. The highest BCUT2D eigenvalue weighted by molar-refractivity contribution is 7.89. The van der Waals surface area contributed by atoms with E-state index >= 15 is 0 Å². The summed E-state index contributed by atoms with van der Waals surface area (Å²) in [4.78, 5) is 11.9. The quantitative estimate of drug-likeness (QED) is 0.741. The normalized spacial score (nSPS) is 11.6. The fraction of sp³-hybridized carbons (Fsp3) is 0.333. The van der Waals surface area contributed by atoms with Crippen molar-refractivity contribution in [2.45, 2.75) is 18.7 Å². The second-order valence-corrected chi connectivity index (χ2v) is 7.11. The van der Waals surface area contributed by atoms with Crippen molar-refractivity contribution in [3.8, 4) is 0 Å². The first-order valence-electron chi connectivity index (χ1n) is 7.36. The maximum Gasteiger partial charge on any atom is 0.254 e. The number of hydrogen-bond acceptors (Lipinski definition) is 4. The van der Waals surface area contributed by atoms with E-state index in [1.165, 1.54) is 4.68 Å². The van der Waals surface area contributed by atoms with Crippen molar-refractivity contribution in [1.82, 2.24) is 19.8 Å². The summed E-state index contributed by atoms with van der Waals surface area (Å²) in [6.07, 6.45) is 0. The first-order valence-corrected chi connectivity index (χ1v) is 8.85. The van der Waals surface area contributed by atoms with E-state index in [-0.39, 0.29) is 23.5 Å². The lowest BCUT2D eigenvalue weighted by Gasteiger charge is -2.09. The Balaban J connectivity index is 1.95. The molecule has 10 heteroatoms. The molecule has 2 aromatic rings. The van der Waals surface area contributed by atoms with Gasteiger partial charge in [0, 0.05) is 26.2 Å². The van der Waals surface area contributed by atoms with Crippen LogP contribution in [0.3, 0.4) is 0 Å². The van der Waals surface area contributed by atoms with Crippen molar-refractivity contribution in [3.05, 3.63) is 46.8 Å². The van der Waals surface area contributed by atoms with Crippen LogP contribution in [0.1, 0.15) is 21.7 Å². The second kappa shape index (κ2) is 7.28. The number of carbonyl (C=O) groups excluding carboxylic acids is 1. The number of sulfonamides is 1. The van der Waals surface area contributed by atoms with E-state index in [2.05, 4.69) is 15.1 Å². The number of nitrogens with one attached hydrogen (secondary N) is 2. The molecule has 1 heterocycles. The summed E-state index contributed by atoms with van der Waals surface area (Å²) in [5.41, 5.74) is 0.538. The van der Waals surface area contributed by atoms with Gasteiger partial charge >= 0.3 is 0 Å². The van der Waals surface area contributed by atoms with Crippen LogP contribution < -0.4 is 10.0 Å². The molecule has 0 aliphatic heterocycles. The molecular weight excluding hydrogens is 354 g/mol. The van der Waals surface area contributed by atoms with Gasteiger partial charge in [-0.2, -0.15) is 5.10 Å². The summed E-state index contributed by atoms with van der Waals surface area (Å²) in [6, 6.07) is 2.59. The fourth-order valence-corrected chi connectivity index (χ4v) is 3.81. The molecule has 2 N–H and O–H groups in total. The third-order valence-electron chi connectivity index (χ3n) is 3.59. The number of aryl methyl sites for hydroxylation is 2. The molecule has 25 heavy (non-hydrogen) atoms. The molecule has 1 aromatic heterocycles. The summed E-state index contributed by atoms with van der Waals surface area (Å²) >= 11 is 0. The van der Waals surface area contributed by atoms with Crippen LogP contribution in [0.5, 0.6) is 0 Å². The van der Waals surface area contributed by atoms with Crippen LogP contribution in [0.25, 0.3) is 0 Å². The second-order valence-electron chi connectivity index (χ2n) is 5.40. The Kier molecular flexibility index (Phi) is 5.53. The van der Waals surface area contributed by atoms with Crippen molar-refractivity contribution in [3.63, 3.8) is 0 Å². The van der Waals surface area contributed by atoms with Gasteiger partial charge < -0.3 is 5.32 Å². The van der Waals surface area contributed by atoms with Crippen LogP contribution in [0, 0.1) is 25.5 Å². The summed E-state index contributed by atoms with van der Waals surface area (Å²) in [5, 5.41) is 6.41. The molecule has 0 spiro atoms. The van der Waals surface area contributed by atoms with E-state index in [0.717, 1.165) is 12.1 Å². The Morgan fingerprint density at radius 3 is 2.48 bits per heavy atom. The Morgan fingerprint density at radius 2 is 1.92 bits per heavy atom. The Morgan fingerprint density at radius 1 is 1.24 bits per heavy atom. The monoisotopic (exact) mass is 372 g/mol. The van der Waals surface area contributed by atoms with Crippen LogP contribution in [0.4, 0.5) is 8.78 Å². The molecule has 0 saturated carbocycles. The van der Waals surface area contributed by atoms with Gasteiger partial charge in [-0.15, -0.1) is 0 Å². The molecule has 0 fully saturated rings. The van der Waals surface area contributed by atoms with Crippen LogP contribution in [0.15, 0.2) is 23.1 Å². The Labute approximate surface area is 144 Å². The van der Waals surface area contributed by atoms with E-state index in [9.17, 15) is 22.0 Å². The zero-order valence-corrected chi connectivity index (χ0v) is 14.7. The summed E-state index contributed by atoms with van der Waals surface area (Å²) in [6.45, 7) is 3.06. The van der Waals surface area contributed by atoms with Crippen molar-refractivity contribution < 1.29 is 22.0 Å². The van der Waals surface area contributed by atoms with Gasteiger partial charge in [0.15, 0.2) is 0 Å². The highest BCUT2D eigenvalue weighted by atomic mass is 32.2. The molecule has 136 valence electrons. The molecule has 0 bridgehead atoms. The molecule has 1 amide bonds. The Hall–Kier alpha value is -2.33. The number of carbonyl (C=O) groups is 1. The highest BCUT2D eigenvalue weighted by Gasteiger charge is 2.23. The zero-order chi connectivity index (χ0) is 18.8. The molecule has 0 radical (unpaired) electrons. The van der Waals surface area contributed by atoms with Gasteiger partial charge in [0.05, 0.1) is 17.0 Å². The first-order chi connectivity index (χ1) is 11.6. The largest absolute Gasteiger partial charge is 0.351 e. The average molecular weight is 372 g/mol. The smallest absolute Gasteiger partial charge is 0.254 e. The SMILES string of the molecule is Cc1nn(C)c(C)c1S(=O)(=O)NCCNC(=O)c1ccc(F)cc1F.